The Morgan fingerprint density at radius 3 is 2.53 bits per heavy atom. The molecule has 19 heavy (non-hydrogen) atoms. The number of aliphatic hydroxyl groups is 1. The van der Waals surface area contributed by atoms with Crippen LogP contribution in [0.5, 0.6) is 0 Å². The number of ether oxygens (including phenoxy) is 1. The van der Waals surface area contributed by atoms with Gasteiger partial charge in [-0.2, -0.15) is 0 Å². The number of aliphatic hydroxyl groups excluding tert-OH is 1. The van der Waals surface area contributed by atoms with Crippen molar-refractivity contribution < 1.29 is 19.6 Å². The molecule has 0 aliphatic rings. The molecule has 1 aromatic carbocycles. The highest BCUT2D eigenvalue weighted by molar-refractivity contribution is 5.75. The highest BCUT2D eigenvalue weighted by Gasteiger charge is 2.26. The smallest absolute Gasteiger partial charge is 0.315 e. The predicted octanol–water partition coefficient (Wildman–Crippen LogP) is 1.99. The molecule has 0 bridgehead atoms. The SMILES string of the molecule is C=CC(C(=O)OCC)C(O)c1ccc([N+](=O)[O-])cc1. The van der Waals surface area contributed by atoms with Crippen LogP contribution in [0, 0.1) is 16.0 Å². The van der Waals surface area contributed by atoms with Gasteiger partial charge in [-0.25, -0.2) is 0 Å². The van der Waals surface area contributed by atoms with Gasteiger partial charge in [0.25, 0.3) is 5.69 Å². The zero-order valence-electron chi connectivity index (χ0n) is 10.5. The summed E-state index contributed by atoms with van der Waals surface area (Å²) in [6, 6.07) is 5.34. The zero-order chi connectivity index (χ0) is 14.4. The van der Waals surface area contributed by atoms with Crippen LogP contribution < -0.4 is 0 Å². The van der Waals surface area contributed by atoms with E-state index in [0.29, 0.717) is 5.56 Å². The number of nitrogens with zero attached hydrogens (tertiary/aromatic N) is 1. The van der Waals surface area contributed by atoms with E-state index in [0.717, 1.165) is 0 Å². The Labute approximate surface area is 110 Å². The first kappa shape index (κ1) is 14.8. The molecule has 0 spiro atoms. The molecule has 0 fully saturated rings. The maximum absolute atomic E-state index is 11.6. The van der Waals surface area contributed by atoms with E-state index in [1.165, 1.54) is 30.3 Å². The van der Waals surface area contributed by atoms with Crippen LogP contribution >= 0.6 is 0 Å². The van der Waals surface area contributed by atoms with Crippen molar-refractivity contribution in [2.75, 3.05) is 6.61 Å². The number of hydrogen-bond acceptors (Lipinski definition) is 5. The van der Waals surface area contributed by atoms with Crippen molar-refractivity contribution in [1.29, 1.82) is 0 Å². The Kier molecular flexibility index (Phi) is 5.20. The first-order valence-electron chi connectivity index (χ1n) is 5.72. The van der Waals surface area contributed by atoms with Crippen LogP contribution in [0.2, 0.25) is 0 Å². The molecule has 102 valence electrons. The van der Waals surface area contributed by atoms with E-state index >= 15 is 0 Å². The van der Waals surface area contributed by atoms with Crippen LogP contribution in [-0.2, 0) is 9.53 Å². The molecule has 2 atom stereocenters. The van der Waals surface area contributed by atoms with Gasteiger partial charge in [0, 0.05) is 12.1 Å². The Balaban J connectivity index is 2.91. The standard InChI is InChI=1S/C13H15NO5/c1-3-11(13(16)19-4-2)12(15)9-5-7-10(8-6-9)14(17)18/h3,5-8,11-12,15H,1,4H2,2H3. The Morgan fingerprint density at radius 1 is 1.53 bits per heavy atom. The summed E-state index contributed by atoms with van der Waals surface area (Å²) in [6.07, 6.45) is 0.154. The Bertz CT molecular complexity index is 468. The number of hydrogen-bond donors (Lipinski definition) is 1. The minimum atomic E-state index is -1.14. The second-order valence-electron chi connectivity index (χ2n) is 3.81. The molecule has 2 unspecified atom stereocenters. The van der Waals surface area contributed by atoms with E-state index in [2.05, 4.69) is 6.58 Å². The van der Waals surface area contributed by atoms with Crippen LogP contribution in [0.25, 0.3) is 0 Å². The largest absolute Gasteiger partial charge is 0.465 e. The summed E-state index contributed by atoms with van der Waals surface area (Å²) in [5, 5.41) is 20.6. The summed E-state index contributed by atoms with van der Waals surface area (Å²) >= 11 is 0. The number of esters is 1. The van der Waals surface area contributed by atoms with E-state index in [9.17, 15) is 20.0 Å². The molecular weight excluding hydrogens is 250 g/mol. The number of carbonyl (C=O) groups excluding carboxylic acids is 1. The number of nitro groups is 1. The van der Waals surface area contributed by atoms with E-state index < -0.39 is 22.9 Å². The van der Waals surface area contributed by atoms with Crippen molar-refractivity contribution >= 4 is 11.7 Å². The molecule has 6 nitrogen and oxygen atoms in total. The van der Waals surface area contributed by atoms with Gasteiger partial charge in [-0.15, -0.1) is 6.58 Å². The lowest BCUT2D eigenvalue weighted by atomic mass is 9.96. The quantitative estimate of drug-likeness (QED) is 0.367. The van der Waals surface area contributed by atoms with Gasteiger partial charge in [-0.05, 0) is 24.6 Å². The maximum atomic E-state index is 11.6. The Hall–Kier alpha value is -2.21. The van der Waals surface area contributed by atoms with Crippen molar-refractivity contribution in [3.05, 3.63) is 52.6 Å². The van der Waals surface area contributed by atoms with Crippen LogP contribution in [0.4, 0.5) is 5.69 Å². The van der Waals surface area contributed by atoms with E-state index in [1.807, 2.05) is 0 Å². The second-order valence-corrected chi connectivity index (χ2v) is 3.81. The topological polar surface area (TPSA) is 89.7 Å². The van der Waals surface area contributed by atoms with E-state index in [-0.39, 0.29) is 12.3 Å². The van der Waals surface area contributed by atoms with Crippen LogP contribution in [0.1, 0.15) is 18.6 Å². The summed E-state index contributed by atoms with van der Waals surface area (Å²) in [6.45, 7) is 5.36. The van der Waals surface area contributed by atoms with E-state index in [4.69, 9.17) is 4.74 Å². The predicted molar refractivity (Wildman–Crippen MR) is 68.4 cm³/mol. The van der Waals surface area contributed by atoms with Gasteiger partial charge >= 0.3 is 5.97 Å². The molecule has 0 saturated heterocycles. The van der Waals surface area contributed by atoms with Crippen molar-refractivity contribution in [3.8, 4) is 0 Å². The first-order chi connectivity index (χ1) is 9.01. The van der Waals surface area contributed by atoms with Crippen LogP contribution in [-0.4, -0.2) is 22.6 Å². The van der Waals surface area contributed by atoms with Crippen LogP contribution in [0.3, 0.4) is 0 Å². The van der Waals surface area contributed by atoms with Crippen molar-refractivity contribution in [3.63, 3.8) is 0 Å². The van der Waals surface area contributed by atoms with Gasteiger partial charge < -0.3 is 9.84 Å². The summed E-state index contributed by atoms with van der Waals surface area (Å²) in [5.74, 6) is -1.48. The van der Waals surface area contributed by atoms with Gasteiger partial charge in [0.05, 0.1) is 17.6 Å². The van der Waals surface area contributed by atoms with Crippen molar-refractivity contribution in [2.45, 2.75) is 13.0 Å². The average Bonchev–Trinajstić information content (AvgIpc) is 2.39. The van der Waals surface area contributed by atoms with Gasteiger partial charge in [-0.3, -0.25) is 14.9 Å². The molecule has 1 aromatic rings. The number of carbonyl (C=O) groups is 1. The maximum Gasteiger partial charge on any atom is 0.315 e. The van der Waals surface area contributed by atoms with Gasteiger partial charge in [0.15, 0.2) is 0 Å². The summed E-state index contributed by atoms with van der Waals surface area (Å²) in [4.78, 5) is 21.6. The Morgan fingerprint density at radius 2 is 2.11 bits per heavy atom. The lowest BCUT2D eigenvalue weighted by Crippen LogP contribution is -2.22. The molecule has 1 rings (SSSR count). The highest BCUT2D eigenvalue weighted by atomic mass is 16.6. The third-order valence-electron chi connectivity index (χ3n) is 2.60. The average molecular weight is 265 g/mol. The van der Waals surface area contributed by atoms with Gasteiger partial charge in [-0.1, -0.05) is 6.08 Å². The molecular formula is C13H15NO5. The molecule has 0 aliphatic heterocycles. The lowest BCUT2D eigenvalue weighted by Gasteiger charge is -2.18. The van der Waals surface area contributed by atoms with E-state index in [1.54, 1.807) is 6.92 Å². The second kappa shape index (κ2) is 6.65. The highest BCUT2D eigenvalue weighted by Crippen LogP contribution is 2.25. The minimum absolute atomic E-state index is 0.0813. The van der Waals surface area contributed by atoms with Gasteiger partial charge in [0.2, 0.25) is 0 Å². The zero-order valence-corrected chi connectivity index (χ0v) is 10.5. The van der Waals surface area contributed by atoms with Gasteiger partial charge in [0.1, 0.15) is 5.92 Å². The molecule has 0 aromatic heterocycles. The molecule has 0 saturated carbocycles. The first-order valence-corrected chi connectivity index (χ1v) is 5.72. The number of nitro benzene ring substituents is 1. The number of benzene rings is 1. The normalized spacial score (nSPS) is 13.4. The fourth-order valence-electron chi connectivity index (χ4n) is 1.59. The fourth-order valence-corrected chi connectivity index (χ4v) is 1.59. The summed E-state index contributed by atoms with van der Waals surface area (Å²) < 4.78 is 4.82. The molecule has 0 radical (unpaired) electrons. The lowest BCUT2D eigenvalue weighted by molar-refractivity contribution is -0.384. The molecule has 0 heterocycles. The molecule has 0 amide bonds. The molecule has 0 aliphatic carbocycles. The third-order valence-corrected chi connectivity index (χ3v) is 2.60. The summed E-state index contributed by atoms with van der Waals surface area (Å²) in [7, 11) is 0. The van der Waals surface area contributed by atoms with Crippen molar-refractivity contribution in [1.82, 2.24) is 0 Å². The number of non-ortho nitro benzene ring substituents is 1. The third kappa shape index (κ3) is 3.62. The summed E-state index contributed by atoms with van der Waals surface area (Å²) in [5.41, 5.74) is 0.311. The fraction of sp³-hybridized carbons (Fsp3) is 0.308. The van der Waals surface area contributed by atoms with Crippen molar-refractivity contribution in [2.24, 2.45) is 5.92 Å². The molecule has 1 N–H and O–H groups in total. The molecule has 6 heteroatoms. The minimum Gasteiger partial charge on any atom is -0.465 e. The number of rotatable bonds is 6. The van der Waals surface area contributed by atoms with Crippen LogP contribution in [0.15, 0.2) is 36.9 Å². The monoisotopic (exact) mass is 265 g/mol.